The highest BCUT2D eigenvalue weighted by Crippen LogP contribution is 1.92. The van der Waals surface area contributed by atoms with Gasteiger partial charge in [-0.3, -0.25) is 0 Å². The van der Waals surface area contributed by atoms with Crippen molar-refractivity contribution in [2.24, 2.45) is 0 Å². The maximum atomic E-state index is 8.09. The first-order chi connectivity index (χ1) is 3.93. The van der Waals surface area contributed by atoms with Gasteiger partial charge in [0.1, 0.15) is 12.7 Å². The SMILES string of the molecule is N#CCc1ncco1. The summed E-state index contributed by atoms with van der Waals surface area (Å²) in [6, 6.07) is 1.91. The van der Waals surface area contributed by atoms with E-state index in [1.807, 2.05) is 6.07 Å². The minimum atomic E-state index is 0.257. The Morgan fingerprint density at radius 3 is 3.25 bits per heavy atom. The Kier molecular flexibility index (Phi) is 1.29. The first kappa shape index (κ1) is 4.85. The van der Waals surface area contributed by atoms with Crippen LogP contribution >= 0.6 is 0 Å². The molecule has 0 aliphatic carbocycles. The van der Waals surface area contributed by atoms with E-state index >= 15 is 0 Å². The number of nitriles is 1. The van der Waals surface area contributed by atoms with Crippen LogP contribution in [-0.2, 0) is 6.42 Å². The van der Waals surface area contributed by atoms with E-state index in [1.165, 1.54) is 12.5 Å². The molecule has 0 saturated carbocycles. The lowest BCUT2D eigenvalue weighted by molar-refractivity contribution is 0.510. The summed E-state index contributed by atoms with van der Waals surface area (Å²) in [5.41, 5.74) is 0. The van der Waals surface area contributed by atoms with E-state index in [0.29, 0.717) is 5.89 Å². The minimum absolute atomic E-state index is 0.257. The third-order valence-corrected chi connectivity index (χ3v) is 0.714. The van der Waals surface area contributed by atoms with Crippen molar-refractivity contribution in [1.29, 1.82) is 5.26 Å². The van der Waals surface area contributed by atoms with Gasteiger partial charge in [-0.1, -0.05) is 0 Å². The zero-order valence-corrected chi connectivity index (χ0v) is 4.16. The second-order valence-electron chi connectivity index (χ2n) is 1.26. The zero-order valence-electron chi connectivity index (χ0n) is 4.16. The van der Waals surface area contributed by atoms with Crippen LogP contribution < -0.4 is 0 Å². The molecule has 0 bridgehead atoms. The largest absolute Gasteiger partial charge is 0.448 e. The molecule has 1 rings (SSSR count). The first-order valence-electron chi connectivity index (χ1n) is 2.19. The lowest BCUT2D eigenvalue weighted by atomic mass is 10.5. The maximum absolute atomic E-state index is 8.09. The van der Waals surface area contributed by atoms with Crippen LogP contribution in [0.2, 0.25) is 0 Å². The van der Waals surface area contributed by atoms with Crippen LogP contribution in [0, 0.1) is 11.3 Å². The van der Waals surface area contributed by atoms with Crippen molar-refractivity contribution in [2.75, 3.05) is 0 Å². The molecule has 0 N–H and O–H groups in total. The molecule has 0 saturated heterocycles. The van der Waals surface area contributed by atoms with Gasteiger partial charge in [0, 0.05) is 0 Å². The van der Waals surface area contributed by atoms with Crippen LogP contribution in [0.5, 0.6) is 0 Å². The van der Waals surface area contributed by atoms with E-state index in [9.17, 15) is 0 Å². The fourth-order valence-electron chi connectivity index (χ4n) is 0.408. The van der Waals surface area contributed by atoms with Gasteiger partial charge in [-0.2, -0.15) is 5.26 Å². The molecule has 1 heterocycles. The van der Waals surface area contributed by atoms with Crippen molar-refractivity contribution >= 4 is 0 Å². The molecule has 40 valence electrons. The topological polar surface area (TPSA) is 49.8 Å². The highest BCUT2D eigenvalue weighted by molar-refractivity contribution is 4.89. The lowest BCUT2D eigenvalue weighted by Crippen LogP contribution is -1.76. The Bertz CT molecular complexity index is 185. The second kappa shape index (κ2) is 2.12. The van der Waals surface area contributed by atoms with Crippen LogP contribution in [0.25, 0.3) is 0 Å². The average Bonchev–Trinajstić information content (AvgIpc) is 2.19. The van der Waals surface area contributed by atoms with Crippen molar-refractivity contribution in [1.82, 2.24) is 4.98 Å². The molecule has 0 unspecified atom stereocenters. The summed E-state index contributed by atoms with van der Waals surface area (Å²) >= 11 is 0. The van der Waals surface area contributed by atoms with Gasteiger partial charge in [-0.05, 0) is 0 Å². The van der Waals surface area contributed by atoms with Gasteiger partial charge in [0.2, 0.25) is 5.89 Å². The molecule has 0 amide bonds. The molecule has 0 aliphatic rings. The number of hydrogen-bond acceptors (Lipinski definition) is 3. The summed E-state index contributed by atoms with van der Waals surface area (Å²) in [4.78, 5) is 3.72. The molecule has 0 aromatic carbocycles. The first-order valence-corrected chi connectivity index (χ1v) is 2.19. The predicted octanol–water partition coefficient (Wildman–Crippen LogP) is 0.741. The molecular formula is C5H4N2O. The van der Waals surface area contributed by atoms with Gasteiger partial charge in [0.05, 0.1) is 12.3 Å². The summed E-state index contributed by atoms with van der Waals surface area (Å²) in [6.45, 7) is 0. The van der Waals surface area contributed by atoms with Crippen LogP contribution in [-0.4, -0.2) is 4.98 Å². The Balaban J connectivity index is 2.67. The number of rotatable bonds is 1. The van der Waals surface area contributed by atoms with Crippen molar-refractivity contribution in [3.05, 3.63) is 18.4 Å². The lowest BCUT2D eigenvalue weighted by Gasteiger charge is -1.75. The molecule has 3 nitrogen and oxygen atoms in total. The summed E-state index contributed by atoms with van der Waals surface area (Å²) in [7, 11) is 0. The quantitative estimate of drug-likeness (QED) is 0.533. The molecule has 1 aromatic heterocycles. The molecule has 0 aliphatic heterocycles. The zero-order chi connectivity index (χ0) is 5.82. The van der Waals surface area contributed by atoms with Gasteiger partial charge >= 0.3 is 0 Å². The van der Waals surface area contributed by atoms with E-state index in [0.717, 1.165) is 0 Å². The van der Waals surface area contributed by atoms with E-state index in [-0.39, 0.29) is 6.42 Å². The molecule has 0 spiro atoms. The molecule has 0 radical (unpaired) electrons. The monoisotopic (exact) mass is 108 g/mol. The highest BCUT2D eigenvalue weighted by atomic mass is 16.3. The number of oxazole rings is 1. The standard InChI is InChI=1S/C5H4N2O/c6-2-1-5-7-3-4-8-5/h3-4H,1H2. The van der Waals surface area contributed by atoms with Gasteiger partial charge in [0.25, 0.3) is 0 Å². The summed E-state index contributed by atoms with van der Waals surface area (Å²) < 4.78 is 4.74. The summed E-state index contributed by atoms with van der Waals surface area (Å²) in [6.07, 6.45) is 3.23. The van der Waals surface area contributed by atoms with Crippen LogP contribution in [0.4, 0.5) is 0 Å². The normalized spacial score (nSPS) is 8.38. The van der Waals surface area contributed by atoms with Crippen molar-refractivity contribution in [3.8, 4) is 6.07 Å². The fraction of sp³-hybridized carbons (Fsp3) is 0.200. The Morgan fingerprint density at radius 2 is 2.75 bits per heavy atom. The van der Waals surface area contributed by atoms with Crippen molar-refractivity contribution in [2.45, 2.75) is 6.42 Å². The second-order valence-corrected chi connectivity index (χ2v) is 1.26. The van der Waals surface area contributed by atoms with Gasteiger partial charge < -0.3 is 4.42 Å². The number of nitrogens with zero attached hydrogens (tertiary/aromatic N) is 2. The predicted molar refractivity (Wildman–Crippen MR) is 25.8 cm³/mol. The van der Waals surface area contributed by atoms with Crippen molar-refractivity contribution < 1.29 is 4.42 Å². The molecule has 0 fully saturated rings. The Morgan fingerprint density at radius 1 is 1.88 bits per heavy atom. The van der Waals surface area contributed by atoms with Crippen LogP contribution in [0.1, 0.15) is 5.89 Å². The summed E-state index contributed by atoms with van der Waals surface area (Å²) in [5.74, 6) is 0.479. The Hall–Kier alpha value is -1.30. The molecule has 1 aromatic rings. The average molecular weight is 108 g/mol. The van der Waals surface area contributed by atoms with E-state index in [4.69, 9.17) is 9.68 Å². The molecule has 0 atom stereocenters. The fourth-order valence-corrected chi connectivity index (χ4v) is 0.408. The highest BCUT2D eigenvalue weighted by Gasteiger charge is 1.90. The van der Waals surface area contributed by atoms with Gasteiger partial charge in [0.15, 0.2) is 0 Å². The van der Waals surface area contributed by atoms with Crippen LogP contribution in [0.15, 0.2) is 16.9 Å². The number of aromatic nitrogens is 1. The van der Waals surface area contributed by atoms with E-state index in [1.54, 1.807) is 0 Å². The van der Waals surface area contributed by atoms with Crippen LogP contribution in [0.3, 0.4) is 0 Å². The third kappa shape index (κ3) is 0.850. The molecule has 3 heteroatoms. The molecule has 8 heavy (non-hydrogen) atoms. The van der Waals surface area contributed by atoms with E-state index < -0.39 is 0 Å². The molecular weight excluding hydrogens is 104 g/mol. The van der Waals surface area contributed by atoms with Gasteiger partial charge in [-0.25, -0.2) is 4.98 Å². The summed E-state index contributed by atoms with van der Waals surface area (Å²) in [5, 5.41) is 8.09. The van der Waals surface area contributed by atoms with Crippen molar-refractivity contribution in [3.63, 3.8) is 0 Å². The minimum Gasteiger partial charge on any atom is -0.448 e. The Labute approximate surface area is 46.6 Å². The third-order valence-electron chi connectivity index (χ3n) is 0.714. The maximum Gasteiger partial charge on any atom is 0.208 e. The number of hydrogen-bond donors (Lipinski definition) is 0. The van der Waals surface area contributed by atoms with E-state index in [2.05, 4.69) is 4.98 Å². The smallest absolute Gasteiger partial charge is 0.208 e. The van der Waals surface area contributed by atoms with Gasteiger partial charge in [-0.15, -0.1) is 0 Å².